The first kappa shape index (κ1) is 17.0. The van der Waals surface area contributed by atoms with Crippen molar-refractivity contribution in [3.05, 3.63) is 59.4 Å². The van der Waals surface area contributed by atoms with Crippen molar-refractivity contribution in [3.8, 4) is 0 Å². The summed E-state index contributed by atoms with van der Waals surface area (Å²) < 4.78 is 0. The zero-order valence-electron chi connectivity index (χ0n) is 12.2. The summed E-state index contributed by atoms with van der Waals surface area (Å²) in [7, 11) is 1.77. The molecule has 1 aromatic carbocycles. The van der Waals surface area contributed by atoms with Gasteiger partial charge in [-0.3, -0.25) is 4.79 Å². The lowest BCUT2D eigenvalue weighted by Crippen LogP contribution is -2.27. The highest BCUT2D eigenvalue weighted by molar-refractivity contribution is 5.92. The fourth-order valence-corrected chi connectivity index (χ4v) is 1.95. The smallest absolute Gasteiger partial charge is 0.272 e. The van der Waals surface area contributed by atoms with Gasteiger partial charge in [-0.2, -0.15) is 0 Å². The summed E-state index contributed by atoms with van der Waals surface area (Å²) >= 11 is 0. The lowest BCUT2D eigenvalue weighted by atomic mass is 10.1. The van der Waals surface area contributed by atoms with E-state index < -0.39 is 0 Å². The maximum Gasteiger partial charge on any atom is 0.272 e. The normalized spacial score (nSPS) is 9.81. The molecule has 0 radical (unpaired) electrons. The van der Waals surface area contributed by atoms with Crippen molar-refractivity contribution in [2.24, 2.45) is 0 Å². The summed E-state index contributed by atoms with van der Waals surface area (Å²) in [6.45, 7) is 2.69. The fraction of sp³-hybridized carbons (Fsp3) is 0.250. The second-order valence-corrected chi connectivity index (χ2v) is 4.81. The predicted octanol–water partition coefficient (Wildman–Crippen LogP) is 2.92. The zero-order chi connectivity index (χ0) is 14.5. The van der Waals surface area contributed by atoms with Gasteiger partial charge in [-0.05, 0) is 29.7 Å². The van der Waals surface area contributed by atoms with E-state index in [0.717, 1.165) is 12.0 Å². The van der Waals surface area contributed by atoms with Crippen LogP contribution in [-0.2, 0) is 13.0 Å². The van der Waals surface area contributed by atoms with E-state index in [0.29, 0.717) is 17.9 Å². The highest BCUT2D eigenvalue weighted by atomic mass is 35.5. The number of hydrogen-bond donors (Lipinski definition) is 1. The number of anilines is 1. The molecule has 0 saturated heterocycles. The molecule has 112 valence electrons. The first-order valence-electron chi connectivity index (χ1n) is 6.65. The minimum absolute atomic E-state index is 0. The van der Waals surface area contributed by atoms with Crippen LogP contribution in [0.3, 0.4) is 0 Å². The van der Waals surface area contributed by atoms with Gasteiger partial charge >= 0.3 is 0 Å². The summed E-state index contributed by atoms with van der Waals surface area (Å²) in [6.07, 6.45) is 2.52. The van der Waals surface area contributed by atoms with Crippen LogP contribution in [0, 0.1) is 0 Å². The number of pyridine rings is 1. The number of nitrogens with zero attached hydrogens (tertiary/aromatic N) is 2. The van der Waals surface area contributed by atoms with E-state index >= 15 is 0 Å². The third-order valence-corrected chi connectivity index (χ3v) is 3.20. The van der Waals surface area contributed by atoms with Crippen LogP contribution in [0.4, 0.5) is 5.69 Å². The van der Waals surface area contributed by atoms with Gasteiger partial charge < -0.3 is 10.6 Å². The number of aromatic nitrogens is 1. The number of rotatable bonds is 4. The Morgan fingerprint density at radius 3 is 2.29 bits per heavy atom. The largest absolute Gasteiger partial charge is 0.397 e. The summed E-state index contributed by atoms with van der Waals surface area (Å²) in [5, 5.41) is 0. The third-order valence-electron chi connectivity index (χ3n) is 3.20. The Kier molecular flexibility index (Phi) is 6.18. The van der Waals surface area contributed by atoms with Crippen LogP contribution in [0.15, 0.2) is 42.6 Å². The van der Waals surface area contributed by atoms with Crippen LogP contribution in [0.5, 0.6) is 0 Å². The molecule has 0 aliphatic carbocycles. The number of benzene rings is 1. The van der Waals surface area contributed by atoms with Crippen LogP contribution in [-0.4, -0.2) is 22.8 Å². The Labute approximate surface area is 131 Å². The second kappa shape index (κ2) is 7.64. The average Bonchev–Trinajstić information content (AvgIpc) is 2.48. The van der Waals surface area contributed by atoms with Gasteiger partial charge in [0.25, 0.3) is 5.91 Å². The van der Waals surface area contributed by atoms with E-state index in [1.165, 1.54) is 11.8 Å². The molecule has 0 atom stereocenters. The highest BCUT2D eigenvalue weighted by Crippen LogP contribution is 2.10. The minimum Gasteiger partial charge on any atom is -0.397 e. The lowest BCUT2D eigenvalue weighted by Gasteiger charge is -2.17. The third kappa shape index (κ3) is 4.46. The molecule has 21 heavy (non-hydrogen) atoms. The van der Waals surface area contributed by atoms with Gasteiger partial charge in [-0.1, -0.05) is 31.2 Å². The maximum absolute atomic E-state index is 12.2. The van der Waals surface area contributed by atoms with Gasteiger partial charge in [0.1, 0.15) is 5.69 Å². The van der Waals surface area contributed by atoms with E-state index in [1.807, 2.05) is 0 Å². The lowest BCUT2D eigenvalue weighted by molar-refractivity contribution is 0.0779. The molecular formula is C16H20ClN3O. The van der Waals surface area contributed by atoms with Gasteiger partial charge in [0, 0.05) is 13.6 Å². The van der Waals surface area contributed by atoms with E-state index in [-0.39, 0.29) is 18.3 Å². The van der Waals surface area contributed by atoms with Crippen molar-refractivity contribution < 1.29 is 4.79 Å². The first-order chi connectivity index (χ1) is 9.60. The number of nitrogen functional groups attached to an aromatic ring is 1. The number of carbonyl (C=O) groups excluding carboxylic acids is 1. The maximum atomic E-state index is 12.2. The molecule has 0 fully saturated rings. The number of hydrogen-bond acceptors (Lipinski definition) is 3. The van der Waals surface area contributed by atoms with Gasteiger partial charge in [0.15, 0.2) is 0 Å². The average molecular weight is 306 g/mol. The highest BCUT2D eigenvalue weighted by Gasteiger charge is 2.13. The van der Waals surface area contributed by atoms with E-state index in [1.54, 1.807) is 24.1 Å². The Bertz CT molecular complexity index is 581. The molecule has 0 aliphatic rings. The standard InChI is InChI=1S/C16H19N3O.ClH/c1-3-12-4-6-13(7-5-12)11-19(2)16(20)15-9-8-14(17)10-18-15;/h4-10H,3,11,17H2,1-2H3;1H. The molecule has 2 aromatic rings. The van der Waals surface area contributed by atoms with Gasteiger partial charge in [0.05, 0.1) is 11.9 Å². The molecule has 0 saturated carbocycles. The molecule has 4 nitrogen and oxygen atoms in total. The Balaban J connectivity index is 0.00000220. The van der Waals surface area contributed by atoms with Crippen LogP contribution < -0.4 is 5.73 Å². The molecule has 1 aromatic heterocycles. The van der Waals surface area contributed by atoms with Crippen LogP contribution >= 0.6 is 12.4 Å². The van der Waals surface area contributed by atoms with Gasteiger partial charge in [-0.15, -0.1) is 12.4 Å². The van der Waals surface area contributed by atoms with E-state index in [4.69, 9.17) is 5.73 Å². The Hall–Kier alpha value is -2.07. The fourth-order valence-electron chi connectivity index (χ4n) is 1.95. The summed E-state index contributed by atoms with van der Waals surface area (Å²) in [5.41, 5.74) is 8.93. The number of halogens is 1. The molecule has 1 amide bonds. The molecule has 5 heteroatoms. The van der Waals surface area contributed by atoms with Crippen molar-refractivity contribution in [2.45, 2.75) is 19.9 Å². The quantitative estimate of drug-likeness (QED) is 0.945. The van der Waals surface area contributed by atoms with Crippen molar-refractivity contribution >= 4 is 24.0 Å². The molecule has 1 heterocycles. The summed E-state index contributed by atoms with van der Waals surface area (Å²) in [5.74, 6) is -0.107. The Morgan fingerprint density at radius 1 is 1.14 bits per heavy atom. The second-order valence-electron chi connectivity index (χ2n) is 4.81. The molecule has 2 N–H and O–H groups in total. The monoisotopic (exact) mass is 305 g/mol. The van der Waals surface area contributed by atoms with Crippen LogP contribution in [0.2, 0.25) is 0 Å². The first-order valence-corrected chi connectivity index (χ1v) is 6.65. The minimum atomic E-state index is -0.107. The van der Waals surface area contributed by atoms with Crippen LogP contribution in [0.25, 0.3) is 0 Å². The van der Waals surface area contributed by atoms with Crippen molar-refractivity contribution in [1.82, 2.24) is 9.88 Å². The van der Waals surface area contributed by atoms with Crippen molar-refractivity contribution in [2.75, 3.05) is 12.8 Å². The number of nitrogens with two attached hydrogens (primary N) is 1. The summed E-state index contributed by atoms with van der Waals surface area (Å²) in [6, 6.07) is 11.6. The number of aryl methyl sites for hydroxylation is 1. The molecule has 0 aliphatic heterocycles. The SMILES string of the molecule is CCc1ccc(CN(C)C(=O)c2ccc(N)cn2)cc1.Cl. The number of carbonyl (C=O) groups is 1. The van der Waals surface area contributed by atoms with Gasteiger partial charge in [0.2, 0.25) is 0 Å². The summed E-state index contributed by atoms with van der Waals surface area (Å²) in [4.78, 5) is 17.9. The van der Waals surface area contributed by atoms with Crippen LogP contribution in [0.1, 0.15) is 28.5 Å². The predicted molar refractivity (Wildman–Crippen MR) is 87.5 cm³/mol. The zero-order valence-corrected chi connectivity index (χ0v) is 13.1. The molecular weight excluding hydrogens is 286 g/mol. The van der Waals surface area contributed by atoms with Crippen molar-refractivity contribution in [3.63, 3.8) is 0 Å². The van der Waals surface area contributed by atoms with Crippen molar-refractivity contribution in [1.29, 1.82) is 0 Å². The number of amides is 1. The van der Waals surface area contributed by atoms with E-state index in [2.05, 4.69) is 36.2 Å². The molecule has 0 spiro atoms. The molecule has 0 unspecified atom stereocenters. The van der Waals surface area contributed by atoms with E-state index in [9.17, 15) is 4.79 Å². The molecule has 2 rings (SSSR count). The topological polar surface area (TPSA) is 59.2 Å². The Morgan fingerprint density at radius 2 is 1.76 bits per heavy atom. The van der Waals surface area contributed by atoms with Gasteiger partial charge in [-0.25, -0.2) is 4.98 Å². The molecule has 0 bridgehead atoms.